The molecular weight excluding hydrogens is 842 g/mol. The number of hydrogen-bond acceptors (Lipinski definition) is 12. The van der Waals surface area contributed by atoms with Gasteiger partial charge in [0.1, 0.15) is 12.7 Å². The van der Waals surface area contributed by atoms with E-state index in [1.165, 1.54) is 77.0 Å². The zero-order chi connectivity index (χ0) is 46.3. The van der Waals surface area contributed by atoms with Gasteiger partial charge in [0.2, 0.25) is 0 Å². The van der Waals surface area contributed by atoms with Gasteiger partial charge in [0, 0.05) is 12.8 Å². The summed E-state index contributed by atoms with van der Waals surface area (Å²) >= 11 is 0. The minimum atomic E-state index is -4.89. The topological polar surface area (TPSA) is 236 Å². The second-order valence-electron chi connectivity index (χ2n) is 16.5. The van der Waals surface area contributed by atoms with E-state index in [9.17, 15) is 38.9 Å². The van der Waals surface area contributed by atoms with Crippen LogP contribution in [0.4, 0.5) is 0 Å². The summed E-state index contributed by atoms with van der Waals surface area (Å²) < 4.78 is 47.6. The van der Waals surface area contributed by atoms with Crippen molar-refractivity contribution < 1.29 is 71.8 Å². The van der Waals surface area contributed by atoms with E-state index < -0.39 is 78.4 Å². The van der Waals surface area contributed by atoms with Crippen LogP contribution in [0.1, 0.15) is 181 Å². The van der Waals surface area contributed by atoms with E-state index in [0.717, 1.165) is 44.4 Å². The number of esters is 2. The third kappa shape index (κ3) is 42.2. The van der Waals surface area contributed by atoms with Crippen LogP contribution < -0.4 is 0 Å². The summed E-state index contributed by atoms with van der Waals surface area (Å²) in [5, 5.41) is 30.5. The lowest BCUT2D eigenvalue weighted by molar-refractivity contribution is -0.161. The fraction of sp³-hybridized carbons (Fsp3) is 0.822. The average molecular weight is 927 g/mol. The van der Waals surface area contributed by atoms with E-state index in [4.69, 9.17) is 23.8 Å². The summed E-state index contributed by atoms with van der Waals surface area (Å²) in [7, 11) is -9.77. The number of aliphatic hydroxyl groups excluding tert-OH is 3. The van der Waals surface area contributed by atoms with Gasteiger partial charge in [-0.1, -0.05) is 154 Å². The number of phosphoric ester groups is 2. The molecule has 0 spiro atoms. The normalized spacial score (nSPS) is 15.4. The number of allylic oxidation sites excluding steroid dienone is 5. The maximum absolute atomic E-state index is 12.7. The van der Waals surface area contributed by atoms with Crippen molar-refractivity contribution in [1.82, 2.24) is 0 Å². The number of rotatable bonds is 43. The van der Waals surface area contributed by atoms with E-state index in [1.54, 1.807) is 6.08 Å². The molecule has 0 aliphatic heterocycles. The molecule has 0 aliphatic rings. The van der Waals surface area contributed by atoms with Gasteiger partial charge in [0.15, 0.2) is 6.10 Å². The lowest BCUT2D eigenvalue weighted by atomic mass is 10.0. The Morgan fingerprint density at radius 1 is 0.548 bits per heavy atom. The first-order valence-electron chi connectivity index (χ1n) is 23.2. The summed E-state index contributed by atoms with van der Waals surface area (Å²) in [6, 6.07) is 0. The third-order valence-corrected chi connectivity index (χ3v) is 11.3. The van der Waals surface area contributed by atoms with Crippen molar-refractivity contribution in [2.24, 2.45) is 5.92 Å². The predicted molar refractivity (Wildman–Crippen MR) is 242 cm³/mol. The molecule has 15 nitrogen and oxygen atoms in total. The van der Waals surface area contributed by atoms with E-state index in [1.807, 2.05) is 12.2 Å². The van der Waals surface area contributed by atoms with Crippen LogP contribution in [-0.2, 0) is 41.8 Å². The smallest absolute Gasteiger partial charge is 0.462 e. The van der Waals surface area contributed by atoms with Crippen molar-refractivity contribution in [1.29, 1.82) is 0 Å². The maximum Gasteiger partial charge on any atom is 0.472 e. The molecule has 6 N–H and O–H groups in total. The molecule has 5 atom stereocenters. The second kappa shape index (κ2) is 39.6. The quantitative estimate of drug-likeness (QED) is 0.0144. The molecule has 0 aromatic rings. The van der Waals surface area contributed by atoms with Gasteiger partial charge >= 0.3 is 27.6 Å². The van der Waals surface area contributed by atoms with Crippen molar-refractivity contribution in [3.63, 3.8) is 0 Å². The minimum Gasteiger partial charge on any atom is -0.462 e. The van der Waals surface area contributed by atoms with E-state index in [0.29, 0.717) is 12.8 Å². The highest BCUT2D eigenvalue weighted by molar-refractivity contribution is 7.47. The maximum atomic E-state index is 12.7. The number of carbonyl (C=O) groups excluding carboxylic acids is 2. The van der Waals surface area contributed by atoms with Crippen LogP contribution in [0.3, 0.4) is 0 Å². The van der Waals surface area contributed by atoms with Gasteiger partial charge in [0.25, 0.3) is 0 Å². The first kappa shape index (κ1) is 60.3. The van der Waals surface area contributed by atoms with Crippen LogP contribution in [0, 0.1) is 5.92 Å². The Balaban J connectivity index is 4.70. The number of aliphatic hydroxyl groups is 3. The van der Waals surface area contributed by atoms with Crippen LogP contribution >= 0.6 is 15.6 Å². The van der Waals surface area contributed by atoms with Crippen LogP contribution in [0.25, 0.3) is 0 Å². The number of carbonyl (C=O) groups is 2. The number of ether oxygens (including phenoxy) is 2. The molecule has 0 amide bonds. The standard InChI is InChI=1S/C45H84O15P2/c1-4-5-6-7-8-9-10-15-18-21-24-27-31-42(47)43(48)32-29-34-44(49)56-37-41(38-59-62(54,55)58-36-40(46)35-57-61(51,52)53)60-45(50)33-28-25-22-19-16-13-11-12-14-17-20-23-26-30-39(2)3/h8-9,15,18,24,27,39-43,46-48H,4-7,10-14,16-17,19-23,25-26,28-38H2,1-3H3,(H,54,55)(H2,51,52,53)/b9-8-,18-15-,27-24-/t40-,41+,42?,43?/m0/s1. The summed E-state index contributed by atoms with van der Waals surface area (Å²) in [5.74, 6) is -0.524. The SMILES string of the molecule is CCCCC/C=C\C/C=C\C/C=C\CC(O)C(O)CCCC(=O)OC[C@H](COP(=O)(O)OC[C@@H](O)COP(=O)(O)O)OC(=O)CCCCCCCCCCCCCCCC(C)C. The monoisotopic (exact) mass is 927 g/mol. The van der Waals surface area contributed by atoms with E-state index in [-0.39, 0.29) is 32.1 Å². The van der Waals surface area contributed by atoms with Gasteiger partial charge in [-0.15, -0.1) is 0 Å². The molecule has 0 aromatic carbocycles. The van der Waals surface area contributed by atoms with Crippen molar-refractivity contribution >= 4 is 27.6 Å². The molecule has 0 radical (unpaired) electrons. The Labute approximate surface area is 372 Å². The van der Waals surface area contributed by atoms with Gasteiger partial charge in [-0.3, -0.25) is 23.2 Å². The summed E-state index contributed by atoms with van der Waals surface area (Å²) in [4.78, 5) is 52.8. The van der Waals surface area contributed by atoms with Crippen molar-refractivity contribution in [3.05, 3.63) is 36.5 Å². The lowest BCUT2D eigenvalue weighted by Gasteiger charge is -2.20. The van der Waals surface area contributed by atoms with Crippen molar-refractivity contribution in [2.45, 2.75) is 206 Å². The van der Waals surface area contributed by atoms with E-state index >= 15 is 0 Å². The molecule has 3 unspecified atom stereocenters. The molecule has 364 valence electrons. The van der Waals surface area contributed by atoms with Crippen LogP contribution in [0.15, 0.2) is 36.5 Å². The fourth-order valence-corrected chi connectivity index (χ4v) is 7.38. The molecule has 0 saturated heterocycles. The van der Waals surface area contributed by atoms with Gasteiger partial charge < -0.3 is 39.5 Å². The highest BCUT2D eigenvalue weighted by Crippen LogP contribution is 2.43. The van der Waals surface area contributed by atoms with Crippen molar-refractivity contribution in [3.8, 4) is 0 Å². The molecule has 17 heteroatoms. The Bertz CT molecular complexity index is 1290. The summed E-state index contributed by atoms with van der Waals surface area (Å²) in [6.07, 6.45) is 30.2. The van der Waals surface area contributed by atoms with Gasteiger partial charge in [-0.05, 0) is 57.3 Å². The van der Waals surface area contributed by atoms with E-state index in [2.05, 4.69) is 48.0 Å². The Hall–Kier alpha value is -1.74. The highest BCUT2D eigenvalue weighted by Gasteiger charge is 2.28. The first-order chi connectivity index (χ1) is 29.5. The molecule has 0 bridgehead atoms. The molecule has 0 fully saturated rings. The molecule has 0 aromatic heterocycles. The molecule has 0 saturated carbocycles. The van der Waals surface area contributed by atoms with Crippen LogP contribution in [-0.4, -0.2) is 92.8 Å². The number of hydrogen-bond donors (Lipinski definition) is 6. The third-order valence-electron chi connectivity index (χ3n) is 9.90. The van der Waals surface area contributed by atoms with Crippen molar-refractivity contribution in [2.75, 3.05) is 26.4 Å². The van der Waals surface area contributed by atoms with Gasteiger partial charge in [-0.2, -0.15) is 0 Å². The zero-order valence-electron chi connectivity index (χ0n) is 38.1. The van der Waals surface area contributed by atoms with Gasteiger partial charge in [0.05, 0.1) is 32.0 Å². The summed E-state index contributed by atoms with van der Waals surface area (Å²) in [5.41, 5.74) is 0. The molecule has 62 heavy (non-hydrogen) atoms. The zero-order valence-corrected chi connectivity index (χ0v) is 39.9. The number of unbranched alkanes of at least 4 members (excludes halogenated alkanes) is 15. The lowest BCUT2D eigenvalue weighted by Crippen LogP contribution is -2.30. The molecular formula is C45H84O15P2. The first-order valence-corrected chi connectivity index (χ1v) is 26.2. The highest BCUT2D eigenvalue weighted by atomic mass is 31.2. The fourth-order valence-electron chi connectivity index (χ4n) is 6.22. The molecule has 0 heterocycles. The average Bonchev–Trinajstić information content (AvgIpc) is 3.21. The molecule has 0 rings (SSSR count). The Kier molecular flexibility index (Phi) is 38.5. The van der Waals surface area contributed by atoms with Crippen LogP contribution in [0.2, 0.25) is 0 Å². The minimum absolute atomic E-state index is 0.0730. The second-order valence-corrected chi connectivity index (χ2v) is 19.2. The Morgan fingerprint density at radius 3 is 1.65 bits per heavy atom. The number of phosphoric acid groups is 2. The molecule has 0 aliphatic carbocycles. The van der Waals surface area contributed by atoms with Gasteiger partial charge in [-0.25, -0.2) is 9.13 Å². The summed E-state index contributed by atoms with van der Waals surface area (Å²) in [6.45, 7) is 3.73. The Morgan fingerprint density at radius 2 is 1.06 bits per heavy atom. The predicted octanol–water partition coefficient (Wildman–Crippen LogP) is 9.86. The van der Waals surface area contributed by atoms with Crippen LogP contribution in [0.5, 0.6) is 0 Å². The largest absolute Gasteiger partial charge is 0.472 e.